The third-order valence-corrected chi connectivity index (χ3v) is 7.44. The number of nitrogens with zero attached hydrogens (tertiary/aromatic N) is 4. The second-order valence-electron chi connectivity index (χ2n) is 8.98. The van der Waals surface area contributed by atoms with Gasteiger partial charge in [0, 0.05) is 25.2 Å². The number of nitrogens with one attached hydrogen (secondary N) is 1. The number of anilines is 1. The molecule has 2 aromatic heterocycles. The first-order chi connectivity index (χ1) is 15.4. The van der Waals surface area contributed by atoms with Crippen molar-refractivity contribution < 1.29 is 14.4 Å². The summed E-state index contributed by atoms with van der Waals surface area (Å²) in [6.45, 7) is 4.18. The smallest absolute Gasteiger partial charge is 0.331 e. The molecule has 168 valence electrons. The lowest BCUT2D eigenvalue weighted by molar-refractivity contribution is -0.155. The van der Waals surface area contributed by atoms with Crippen molar-refractivity contribution in [2.24, 2.45) is 5.41 Å². The highest BCUT2D eigenvalue weighted by Crippen LogP contribution is 2.43. The minimum atomic E-state index is -1.56. The molecule has 1 spiro atoms. The van der Waals surface area contributed by atoms with Gasteiger partial charge < -0.3 is 4.90 Å². The molecule has 32 heavy (non-hydrogen) atoms. The lowest BCUT2D eigenvalue weighted by Gasteiger charge is -2.51. The van der Waals surface area contributed by atoms with E-state index in [-0.39, 0.29) is 18.0 Å². The number of pyridine rings is 1. The summed E-state index contributed by atoms with van der Waals surface area (Å²) in [4.78, 5) is 61.3. The molecule has 2 fully saturated rings. The monoisotopic (exact) mass is 437 g/mol. The highest BCUT2D eigenvalue weighted by Gasteiger charge is 2.62. The van der Waals surface area contributed by atoms with Crippen LogP contribution in [0.1, 0.15) is 51.5 Å². The number of barbiturate groups is 1. The van der Waals surface area contributed by atoms with E-state index in [9.17, 15) is 19.2 Å². The van der Waals surface area contributed by atoms with Crippen LogP contribution in [0.3, 0.4) is 0 Å². The Morgan fingerprint density at radius 2 is 1.88 bits per heavy atom. The molecule has 9 nitrogen and oxygen atoms in total. The summed E-state index contributed by atoms with van der Waals surface area (Å²) in [6, 6.07) is 3.87. The lowest BCUT2D eigenvalue weighted by Crippen LogP contribution is -2.73. The Kier molecular flexibility index (Phi) is 4.79. The third-order valence-electron chi connectivity index (χ3n) is 7.44. The molecule has 0 bridgehead atoms. The van der Waals surface area contributed by atoms with Gasteiger partial charge in [0.1, 0.15) is 11.5 Å². The SMILES string of the molecule is CCN1c2nc3ccccn3c(=O)c2CC2(C(=O)NC(=O)N(C3CCCCC3)C2=O)C1C. The van der Waals surface area contributed by atoms with Crippen LogP contribution in [0.15, 0.2) is 29.2 Å². The maximum atomic E-state index is 14.0. The number of urea groups is 1. The van der Waals surface area contributed by atoms with Gasteiger partial charge in [-0.2, -0.15) is 0 Å². The number of carbonyl (C=O) groups is 3. The van der Waals surface area contributed by atoms with Crippen molar-refractivity contribution in [1.29, 1.82) is 0 Å². The maximum Gasteiger partial charge on any atom is 0.331 e. The zero-order valence-electron chi connectivity index (χ0n) is 18.3. The number of rotatable bonds is 2. The maximum absolute atomic E-state index is 14.0. The first-order valence-electron chi connectivity index (χ1n) is 11.4. The molecular formula is C23H27N5O4. The van der Waals surface area contributed by atoms with Gasteiger partial charge in [-0.15, -0.1) is 0 Å². The van der Waals surface area contributed by atoms with Gasteiger partial charge >= 0.3 is 6.03 Å². The Labute approximate surface area is 185 Å². The second kappa shape index (κ2) is 7.43. The van der Waals surface area contributed by atoms with Gasteiger partial charge in [-0.3, -0.25) is 29.0 Å². The molecule has 3 aliphatic rings. The topological polar surface area (TPSA) is 104 Å². The van der Waals surface area contributed by atoms with E-state index in [0.29, 0.717) is 23.6 Å². The van der Waals surface area contributed by atoms with Crippen LogP contribution >= 0.6 is 0 Å². The van der Waals surface area contributed by atoms with E-state index in [4.69, 9.17) is 4.98 Å². The average molecular weight is 438 g/mol. The number of hydrogen-bond acceptors (Lipinski definition) is 6. The van der Waals surface area contributed by atoms with E-state index >= 15 is 0 Å². The fourth-order valence-electron chi connectivity index (χ4n) is 5.67. The highest BCUT2D eigenvalue weighted by atomic mass is 16.2. The minimum Gasteiger partial charge on any atom is -0.352 e. The van der Waals surface area contributed by atoms with Gasteiger partial charge in [-0.05, 0) is 38.8 Å². The van der Waals surface area contributed by atoms with E-state index in [2.05, 4.69) is 5.32 Å². The molecule has 2 atom stereocenters. The van der Waals surface area contributed by atoms with Gasteiger partial charge in [0.05, 0.1) is 11.6 Å². The van der Waals surface area contributed by atoms with Crippen LogP contribution in [0.2, 0.25) is 0 Å². The van der Waals surface area contributed by atoms with E-state index in [1.54, 1.807) is 18.3 Å². The van der Waals surface area contributed by atoms with Crippen LogP contribution < -0.4 is 15.8 Å². The van der Waals surface area contributed by atoms with Crippen molar-refractivity contribution in [1.82, 2.24) is 19.6 Å². The van der Waals surface area contributed by atoms with Crippen molar-refractivity contribution in [2.75, 3.05) is 11.4 Å². The summed E-state index contributed by atoms with van der Waals surface area (Å²) in [6.07, 6.45) is 5.99. The largest absolute Gasteiger partial charge is 0.352 e. The van der Waals surface area contributed by atoms with Gasteiger partial charge in [-0.1, -0.05) is 25.3 Å². The molecular weight excluding hydrogens is 410 g/mol. The number of hydrogen-bond donors (Lipinski definition) is 1. The first kappa shape index (κ1) is 20.7. The number of fused-ring (bicyclic) bond motifs is 2. The van der Waals surface area contributed by atoms with Crippen molar-refractivity contribution in [3.05, 3.63) is 40.3 Å². The summed E-state index contributed by atoms with van der Waals surface area (Å²) in [7, 11) is 0. The van der Waals surface area contributed by atoms with Gasteiger partial charge in [0.15, 0.2) is 5.41 Å². The van der Waals surface area contributed by atoms with Crippen molar-refractivity contribution in [3.63, 3.8) is 0 Å². The van der Waals surface area contributed by atoms with Crippen LogP contribution in [0.4, 0.5) is 10.6 Å². The van der Waals surface area contributed by atoms with Crippen LogP contribution in [0.25, 0.3) is 5.65 Å². The Morgan fingerprint density at radius 1 is 1.12 bits per heavy atom. The van der Waals surface area contributed by atoms with Gasteiger partial charge in [0.2, 0.25) is 11.8 Å². The Bertz CT molecular complexity index is 1180. The first-order valence-corrected chi connectivity index (χ1v) is 11.4. The number of amides is 4. The van der Waals surface area contributed by atoms with Crippen molar-refractivity contribution >= 4 is 29.3 Å². The molecule has 4 heterocycles. The molecule has 1 saturated carbocycles. The summed E-state index contributed by atoms with van der Waals surface area (Å²) < 4.78 is 1.44. The third kappa shape index (κ3) is 2.73. The highest BCUT2D eigenvalue weighted by molar-refractivity contribution is 6.20. The molecule has 1 saturated heterocycles. The van der Waals surface area contributed by atoms with Crippen molar-refractivity contribution in [3.8, 4) is 0 Å². The number of imide groups is 2. The molecule has 2 unspecified atom stereocenters. The van der Waals surface area contributed by atoms with E-state index in [0.717, 1.165) is 32.1 Å². The standard InChI is InChI=1S/C23H27N5O4/c1-3-26-14(2)23(13-16-18(26)24-17-11-7-8-12-27(17)19(16)29)20(30)25-22(32)28(21(23)31)15-9-5-4-6-10-15/h7-8,11-12,14-15H,3-6,9-10,13H2,1-2H3,(H,25,30,32). The molecule has 0 aromatic carbocycles. The number of carbonyl (C=O) groups excluding carboxylic acids is 3. The summed E-state index contributed by atoms with van der Waals surface area (Å²) in [5, 5.41) is 2.45. The molecule has 4 amide bonds. The summed E-state index contributed by atoms with van der Waals surface area (Å²) in [5.41, 5.74) is -1.01. The fourth-order valence-corrected chi connectivity index (χ4v) is 5.67. The lowest BCUT2D eigenvalue weighted by atomic mass is 9.69. The predicted octanol–water partition coefficient (Wildman–Crippen LogP) is 1.86. The molecule has 9 heteroatoms. The molecule has 0 radical (unpaired) electrons. The molecule has 1 N–H and O–H groups in total. The van der Waals surface area contributed by atoms with E-state index in [1.807, 2.05) is 24.8 Å². The Morgan fingerprint density at radius 3 is 2.59 bits per heavy atom. The fraction of sp³-hybridized carbons (Fsp3) is 0.522. The molecule has 1 aliphatic carbocycles. The zero-order chi connectivity index (χ0) is 22.6. The minimum absolute atomic E-state index is 0.0785. The zero-order valence-corrected chi connectivity index (χ0v) is 18.3. The Hall–Kier alpha value is -3.23. The van der Waals surface area contributed by atoms with Crippen LogP contribution in [0.5, 0.6) is 0 Å². The second-order valence-corrected chi connectivity index (χ2v) is 8.98. The predicted molar refractivity (Wildman–Crippen MR) is 117 cm³/mol. The average Bonchev–Trinajstić information content (AvgIpc) is 2.79. The van der Waals surface area contributed by atoms with Crippen LogP contribution in [-0.4, -0.2) is 50.8 Å². The normalized spacial score (nSPS) is 26.6. The molecule has 2 aliphatic heterocycles. The van der Waals surface area contributed by atoms with Gasteiger partial charge in [0.25, 0.3) is 5.56 Å². The summed E-state index contributed by atoms with van der Waals surface area (Å²) >= 11 is 0. The van der Waals surface area contributed by atoms with Crippen LogP contribution in [-0.2, 0) is 16.0 Å². The number of aromatic nitrogens is 2. The summed E-state index contributed by atoms with van der Waals surface area (Å²) in [5.74, 6) is -0.621. The Balaban J connectivity index is 1.68. The van der Waals surface area contributed by atoms with Crippen LogP contribution in [0, 0.1) is 5.41 Å². The molecule has 5 rings (SSSR count). The van der Waals surface area contributed by atoms with Crippen molar-refractivity contribution in [2.45, 2.75) is 64.5 Å². The van der Waals surface area contributed by atoms with Gasteiger partial charge in [-0.25, -0.2) is 9.78 Å². The van der Waals surface area contributed by atoms with E-state index < -0.39 is 29.3 Å². The quantitative estimate of drug-likeness (QED) is 0.720. The molecule has 2 aromatic rings. The van der Waals surface area contributed by atoms with E-state index in [1.165, 1.54) is 9.30 Å².